The van der Waals surface area contributed by atoms with Crippen LogP contribution in [0.4, 0.5) is 16.2 Å². The maximum Gasteiger partial charge on any atom is 0.323 e. The van der Waals surface area contributed by atoms with E-state index in [4.69, 9.17) is 5.73 Å². The molecular formula is C17H21N3O. The summed E-state index contributed by atoms with van der Waals surface area (Å²) in [6.07, 6.45) is 0.877. The van der Waals surface area contributed by atoms with Gasteiger partial charge in [-0.25, -0.2) is 4.79 Å². The standard InChI is InChI=1S/C17H21N3O/c1-3-14-6-4-5-12(2)16(14)20-17(21)19-15-9-7-13(11-18)8-10-15/h4-10H,3,11,18H2,1-2H3,(H2,19,20,21). The summed E-state index contributed by atoms with van der Waals surface area (Å²) < 4.78 is 0. The second kappa shape index (κ2) is 6.90. The van der Waals surface area contributed by atoms with Crippen LogP contribution in [0.1, 0.15) is 23.6 Å². The fourth-order valence-corrected chi connectivity index (χ4v) is 2.20. The van der Waals surface area contributed by atoms with Crippen LogP contribution in [0.5, 0.6) is 0 Å². The molecule has 2 rings (SSSR count). The molecule has 0 saturated carbocycles. The molecule has 0 saturated heterocycles. The molecule has 4 heteroatoms. The second-order valence-corrected chi connectivity index (χ2v) is 4.94. The molecule has 21 heavy (non-hydrogen) atoms. The van der Waals surface area contributed by atoms with E-state index in [1.165, 1.54) is 0 Å². The van der Waals surface area contributed by atoms with Crippen molar-refractivity contribution >= 4 is 17.4 Å². The predicted octanol–water partition coefficient (Wildman–Crippen LogP) is 3.66. The Labute approximate surface area is 125 Å². The van der Waals surface area contributed by atoms with Gasteiger partial charge in [-0.05, 0) is 42.2 Å². The average molecular weight is 283 g/mol. The number of nitrogens with one attached hydrogen (secondary N) is 2. The number of benzene rings is 2. The van der Waals surface area contributed by atoms with Crippen molar-refractivity contribution in [1.29, 1.82) is 0 Å². The number of hydrogen-bond acceptors (Lipinski definition) is 2. The molecule has 0 unspecified atom stereocenters. The van der Waals surface area contributed by atoms with Crippen molar-refractivity contribution in [3.63, 3.8) is 0 Å². The number of nitrogens with two attached hydrogens (primary N) is 1. The summed E-state index contributed by atoms with van der Waals surface area (Å²) in [7, 11) is 0. The van der Waals surface area contributed by atoms with Crippen LogP contribution in [0.25, 0.3) is 0 Å². The van der Waals surface area contributed by atoms with Crippen molar-refractivity contribution in [2.75, 3.05) is 10.6 Å². The van der Waals surface area contributed by atoms with Crippen molar-refractivity contribution in [1.82, 2.24) is 0 Å². The maximum absolute atomic E-state index is 12.1. The normalized spacial score (nSPS) is 10.2. The molecule has 0 fully saturated rings. The number of amides is 2. The van der Waals surface area contributed by atoms with Gasteiger partial charge in [-0.2, -0.15) is 0 Å². The van der Waals surface area contributed by atoms with Crippen LogP contribution in [0.2, 0.25) is 0 Å². The third kappa shape index (κ3) is 3.83. The third-order valence-corrected chi connectivity index (χ3v) is 3.43. The summed E-state index contributed by atoms with van der Waals surface area (Å²) >= 11 is 0. The van der Waals surface area contributed by atoms with E-state index < -0.39 is 0 Å². The van der Waals surface area contributed by atoms with E-state index >= 15 is 0 Å². The second-order valence-electron chi connectivity index (χ2n) is 4.94. The van der Waals surface area contributed by atoms with Crippen molar-refractivity contribution in [3.05, 3.63) is 59.2 Å². The molecule has 0 spiro atoms. The van der Waals surface area contributed by atoms with Crippen LogP contribution in [0, 0.1) is 6.92 Å². The van der Waals surface area contributed by atoms with Gasteiger partial charge in [0.1, 0.15) is 0 Å². The topological polar surface area (TPSA) is 67.2 Å². The molecule has 2 aromatic rings. The number of carbonyl (C=O) groups excluding carboxylic acids is 1. The molecule has 2 aromatic carbocycles. The molecule has 4 N–H and O–H groups in total. The van der Waals surface area contributed by atoms with Gasteiger partial charge in [-0.15, -0.1) is 0 Å². The minimum atomic E-state index is -0.237. The Morgan fingerprint density at radius 1 is 1.10 bits per heavy atom. The van der Waals surface area contributed by atoms with Crippen molar-refractivity contribution < 1.29 is 4.79 Å². The lowest BCUT2D eigenvalue weighted by atomic mass is 10.1. The Morgan fingerprint density at radius 3 is 2.43 bits per heavy atom. The fraction of sp³-hybridized carbons (Fsp3) is 0.235. The largest absolute Gasteiger partial charge is 0.326 e. The highest BCUT2D eigenvalue weighted by atomic mass is 16.2. The molecule has 0 atom stereocenters. The highest BCUT2D eigenvalue weighted by Crippen LogP contribution is 2.21. The Morgan fingerprint density at radius 2 is 1.81 bits per heavy atom. The monoisotopic (exact) mass is 283 g/mol. The fourth-order valence-electron chi connectivity index (χ4n) is 2.20. The van der Waals surface area contributed by atoms with Crippen molar-refractivity contribution in [2.45, 2.75) is 26.8 Å². The molecule has 0 aliphatic rings. The van der Waals surface area contributed by atoms with Gasteiger partial charge in [-0.3, -0.25) is 0 Å². The van der Waals surface area contributed by atoms with Crippen LogP contribution < -0.4 is 16.4 Å². The minimum absolute atomic E-state index is 0.237. The van der Waals surface area contributed by atoms with E-state index in [1.54, 1.807) is 0 Å². The van der Waals surface area contributed by atoms with E-state index in [2.05, 4.69) is 17.6 Å². The van der Waals surface area contributed by atoms with Gasteiger partial charge in [0, 0.05) is 17.9 Å². The molecule has 4 nitrogen and oxygen atoms in total. The highest BCUT2D eigenvalue weighted by Gasteiger charge is 2.08. The Balaban J connectivity index is 2.08. The number of anilines is 2. The van der Waals surface area contributed by atoms with E-state index in [0.717, 1.165) is 34.5 Å². The first-order valence-electron chi connectivity index (χ1n) is 7.09. The first-order chi connectivity index (χ1) is 10.1. The molecule has 0 heterocycles. The molecule has 0 bridgehead atoms. The minimum Gasteiger partial charge on any atom is -0.326 e. The Bertz CT molecular complexity index is 620. The van der Waals surface area contributed by atoms with Crippen LogP contribution in [-0.4, -0.2) is 6.03 Å². The summed E-state index contributed by atoms with van der Waals surface area (Å²) in [5.41, 5.74) is 10.4. The van der Waals surface area contributed by atoms with Crippen LogP contribution in [0.15, 0.2) is 42.5 Å². The smallest absolute Gasteiger partial charge is 0.323 e. The highest BCUT2D eigenvalue weighted by molar-refractivity contribution is 6.00. The summed E-state index contributed by atoms with van der Waals surface area (Å²) in [6, 6.07) is 13.3. The quantitative estimate of drug-likeness (QED) is 0.801. The third-order valence-electron chi connectivity index (χ3n) is 3.43. The lowest BCUT2D eigenvalue weighted by molar-refractivity contribution is 0.262. The van der Waals surface area contributed by atoms with E-state index in [9.17, 15) is 4.79 Å². The Hall–Kier alpha value is -2.33. The molecule has 0 aliphatic carbocycles. The summed E-state index contributed by atoms with van der Waals surface area (Å²) in [5, 5.41) is 5.76. The van der Waals surface area contributed by atoms with E-state index in [0.29, 0.717) is 6.54 Å². The number of para-hydroxylation sites is 1. The van der Waals surface area contributed by atoms with Gasteiger partial charge in [-0.1, -0.05) is 37.3 Å². The molecular weight excluding hydrogens is 262 g/mol. The van der Waals surface area contributed by atoms with Crippen LogP contribution in [0.3, 0.4) is 0 Å². The zero-order valence-electron chi connectivity index (χ0n) is 12.4. The van der Waals surface area contributed by atoms with Crippen molar-refractivity contribution in [2.24, 2.45) is 5.73 Å². The number of rotatable bonds is 4. The molecule has 0 aromatic heterocycles. The number of hydrogen-bond donors (Lipinski definition) is 3. The molecule has 2 amide bonds. The zero-order chi connectivity index (χ0) is 15.2. The number of carbonyl (C=O) groups is 1. The SMILES string of the molecule is CCc1cccc(C)c1NC(=O)Nc1ccc(CN)cc1. The predicted molar refractivity (Wildman–Crippen MR) is 87.5 cm³/mol. The molecule has 110 valence electrons. The maximum atomic E-state index is 12.1. The number of urea groups is 1. The summed E-state index contributed by atoms with van der Waals surface area (Å²) in [6.45, 7) is 4.56. The van der Waals surface area contributed by atoms with Crippen LogP contribution in [-0.2, 0) is 13.0 Å². The van der Waals surface area contributed by atoms with Gasteiger partial charge < -0.3 is 16.4 Å². The number of aryl methyl sites for hydroxylation is 2. The summed E-state index contributed by atoms with van der Waals surface area (Å²) in [4.78, 5) is 12.1. The first-order valence-corrected chi connectivity index (χ1v) is 7.09. The zero-order valence-corrected chi connectivity index (χ0v) is 12.4. The lowest BCUT2D eigenvalue weighted by Gasteiger charge is -2.13. The van der Waals surface area contributed by atoms with Gasteiger partial charge in [0.25, 0.3) is 0 Å². The van der Waals surface area contributed by atoms with E-state index in [1.807, 2.05) is 49.4 Å². The molecule has 0 radical (unpaired) electrons. The van der Waals surface area contributed by atoms with E-state index in [-0.39, 0.29) is 6.03 Å². The Kier molecular flexibility index (Phi) is 4.95. The van der Waals surface area contributed by atoms with Gasteiger partial charge in [0.05, 0.1) is 0 Å². The summed E-state index contributed by atoms with van der Waals surface area (Å²) in [5.74, 6) is 0. The molecule has 0 aliphatic heterocycles. The first kappa shape index (κ1) is 15.1. The lowest BCUT2D eigenvalue weighted by Crippen LogP contribution is -2.20. The van der Waals surface area contributed by atoms with Crippen LogP contribution >= 0.6 is 0 Å². The van der Waals surface area contributed by atoms with Gasteiger partial charge >= 0.3 is 6.03 Å². The van der Waals surface area contributed by atoms with Crippen molar-refractivity contribution in [3.8, 4) is 0 Å². The average Bonchev–Trinajstić information content (AvgIpc) is 2.50. The van der Waals surface area contributed by atoms with Gasteiger partial charge in [0.15, 0.2) is 0 Å². The van der Waals surface area contributed by atoms with Gasteiger partial charge in [0.2, 0.25) is 0 Å².